The van der Waals surface area contributed by atoms with Crippen LogP contribution in [-0.2, 0) is 22.6 Å². The van der Waals surface area contributed by atoms with Gasteiger partial charge in [-0.1, -0.05) is 26.2 Å². The summed E-state index contributed by atoms with van der Waals surface area (Å²) >= 11 is 0. The molecule has 0 N–H and O–H groups in total. The lowest BCUT2D eigenvalue weighted by molar-refractivity contribution is -0.133. The number of carbonyl (C=O) groups excluding carboxylic acids is 1. The predicted molar refractivity (Wildman–Crippen MR) is 112 cm³/mol. The van der Waals surface area contributed by atoms with Gasteiger partial charge >= 0.3 is 0 Å². The van der Waals surface area contributed by atoms with E-state index in [1.807, 2.05) is 11.8 Å². The van der Waals surface area contributed by atoms with E-state index in [-0.39, 0.29) is 11.9 Å². The normalized spacial score (nSPS) is 22.9. The van der Waals surface area contributed by atoms with Crippen LogP contribution in [0, 0.1) is 11.3 Å². The zero-order valence-electron chi connectivity index (χ0n) is 17.7. The summed E-state index contributed by atoms with van der Waals surface area (Å²) in [6.07, 6.45) is 7.51. The highest BCUT2D eigenvalue weighted by Gasteiger charge is 2.32. The molecule has 0 aromatic carbocycles. The SMILES string of the molecule is CCC(=O)N1CCN(c2nc(C3CCCCC3)c3c(c2C#N)CCOC3)CC1C. The van der Waals surface area contributed by atoms with Crippen molar-refractivity contribution >= 4 is 11.7 Å². The van der Waals surface area contributed by atoms with Crippen LogP contribution in [0.15, 0.2) is 0 Å². The molecule has 29 heavy (non-hydrogen) atoms. The van der Waals surface area contributed by atoms with Crippen molar-refractivity contribution in [2.24, 2.45) is 0 Å². The number of nitrogens with zero attached hydrogens (tertiary/aromatic N) is 4. The number of aromatic nitrogens is 1. The van der Waals surface area contributed by atoms with Gasteiger partial charge in [0.05, 0.1) is 24.5 Å². The molecule has 4 rings (SSSR count). The van der Waals surface area contributed by atoms with Gasteiger partial charge in [-0.15, -0.1) is 0 Å². The largest absolute Gasteiger partial charge is 0.376 e. The van der Waals surface area contributed by atoms with E-state index in [2.05, 4.69) is 17.9 Å². The minimum absolute atomic E-state index is 0.127. The first-order valence-corrected chi connectivity index (χ1v) is 11.2. The van der Waals surface area contributed by atoms with Crippen LogP contribution < -0.4 is 4.90 Å². The Bertz CT molecular complexity index is 810. The van der Waals surface area contributed by atoms with Gasteiger partial charge in [0.25, 0.3) is 0 Å². The van der Waals surface area contributed by atoms with Crippen LogP contribution in [0.25, 0.3) is 0 Å². The molecular formula is C23H32N4O2. The van der Waals surface area contributed by atoms with Crippen molar-refractivity contribution in [1.82, 2.24) is 9.88 Å². The molecule has 0 bridgehead atoms. The van der Waals surface area contributed by atoms with Crippen molar-refractivity contribution in [1.29, 1.82) is 5.26 Å². The van der Waals surface area contributed by atoms with E-state index in [0.717, 1.165) is 36.5 Å². The Hall–Kier alpha value is -2.13. The second kappa shape index (κ2) is 8.71. The highest BCUT2D eigenvalue weighted by Crippen LogP contribution is 2.39. The summed E-state index contributed by atoms with van der Waals surface area (Å²) in [5.41, 5.74) is 4.23. The predicted octanol–water partition coefficient (Wildman–Crippen LogP) is 3.52. The van der Waals surface area contributed by atoms with Crippen LogP contribution >= 0.6 is 0 Å². The summed E-state index contributed by atoms with van der Waals surface area (Å²) in [4.78, 5) is 21.6. The van der Waals surface area contributed by atoms with Gasteiger partial charge in [-0.2, -0.15) is 5.26 Å². The number of hydrogen-bond acceptors (Lipinski definition) is 5. The summed E-state index contributed by atoms with van der Waals surface area (Å²) < 4.78 is 5.77. The Kier molecular flexibility index (Phi) is 6.05. The average molecular weight is 397 g/mol. The molecule has 3 heterocycles. The number of ether oxygens (including phenoxy) is 1. The molecule has 1 atom stereocenters. The van der Waals surface area contributed by atoms with Crippen molar-refractivity contribution in [3.8, 4) is 6.07 Å². The van der Waals surface area contributed by atoms with Crippen LogP contribution in [0.2, 0.25) is 0 Å². The number of carbonyl (C=O) groups is 1. The third kappa shape index (κ3) is 3.85. The number of pyridine rings is 1. The first kappa shape index (κ1) is 20.2. The summed E-state index contributed by atoms with van der Waals surface area (Å²) in [6.45, 7) is 7.42. The number of piperazine rings is 1. The maximum Gasteiger partial charge on any atom is 0.222 e. The van der Waals surface area contributed by atoms with E-state index < -0.39 is 0 Å². The minimum Gasteiger partial charge on any atom is -0.376 e. The van der Waals surface area contributed by atoms with Gasteiger partial charge in [-0.05, 0) is 31.7 Å². The molecule has 6 heteroatoms. The van der Waals surface area contributed by atoms with Crippen molar-refractivity contribution in [2.75, 3.05) is 31.1 Å². The number of amides is 1. The first-order chi connectivity index (χ1) is 14.1. The third-order valence-electron chi connectivity index (χ3n) is 6.82. The number of hydrogen-bond donors (Lipinski definition) is 0. The van der Waals surface area contributed by atoms with Crippen LogP contribution in [0.4, 0.5) is 5.82 Å². The number of rotatable bonds is 3. The fourth-order valence-corrected chi connectivity index (χ4v) is 5.25. The Morgan fingerprint density at radius 1 is 1.24 bits per heavy atom. The molecule has 1 aromatic heterocycles. The molecule has 1 amide bonds. The number of nitriles is 1. The van der Waals surface area contributed by atoms with Gasteiger partial charge < -0.3 is 14.5 Å². The van der Waals surface area contributed by atoms with E-state index in [1.54, 1.807) is 0 Å². The van der Waals surface area contributed by atoms with Gasteiger partial charge in [0.15, 0.2) is 0 Å². The lowest BCUT2D eigenvalue weighted by Crippen LogP contribution is -2.54. The fraction of sp³-hybridized carbons (Fsp3) is 0.696. The standard InChI is InChI=1S/C23H32N4O2/c1-3-21(28)27-11-10-26(14-16(27)2)23-19(13-24)18-9-12-29-15-20(18)22(25-23)17-7-5-4-6-8-17/h16-17H,3-12,14-15H2,1-2H3. The lowest BCUT2D eigenvalue weighted by atomic mass is 9.82. The van der Waals surface area contributed by atoms with Gasteiger partial charge in [-0.25, -0.2) is 4.98 Å². The lowest BCUT2D eigenvalue weighted by Gasteiger charge is -2.41. The van der Waals surface area contributed by atoms with Crippen LogP contribution in [0.5, 0.6) is 0 Å². The van der Waals surface area contributed by atoms with Gasteiger partial charge in [0.2, 0.25) is 5.91 Å². The maximum absolute atomic E-state index is 12.2. The zero-order valence-corrected chi connectivity index (χ0v) is 17.7. The average Bonchev–Trinajstić information content (AvgIpc) is 2.78. The second-order valence-electron chi connectivity index (χ2n) is 8.64. The van der Waals surface area contributed by atoms with E-state index in [9.17, 15) is 10.1 Å². The highest BCUT2D eigenvalue weighted by atomic mass is 16.5. The molecule has 1 aromatic rings. The molecule has 1 unspecified atom stereocenters. The molecule has 3 aliphatic rings. The molecule has 2 fully saturated rings. The maximum atomic E-state index is 12.2. The molecular weight excluding hydrogens is 364 g/mol. The minimum atomic E-state index is 0.127. The van der Waals surface area contributed by atoms with Crippen molar-refractivity contribution in [3.63, 3.8) is 0 Å². The second-order valence-corrected chi connectivity index (χ2v) is 8.64. The van der Waals surface area contributed by atoms with Gasteiger partial charge in [-0.3, -0.25) is 4.79 Å². The van der Waals surface area contributed by atoms with Crippen LogP contribution in [-0.4, -0.2) is 48.1 Å². The van der Waals surface area contributed by atoms with Crippen LogP contribution in [0.1, 0.15) is 80.7 Å². The summed E-state index contributed by atoms with van der Waals surface area (Å²) in [5.74, 6) is 1.52. The third-order valence-corrected chi connectivity index (χ3v) is 6.82. The molecule has 6 nitrogen and oxygen atoms in total. The molecule has 1 saturated carbocycles. The Balaban J connectivity index is 1.71. The van der Waals surface area contributed by atoms with Crippen molar-refractivity contribution in [2.45, 2.75) is 77.4 Å². The molecule has 156 valence electrons. The quantitative estimate of drug-likeness (QED) is 0.782. The highest BCUT2D eigenvalue weighted by molar-refractivity contribution is 5.76. The molecule has 0 radical (unpaired) electrons. The molecule has 2 aliphatic heterocycles. The summed E-state index contributed by atoms with van der Waals surface area (Å²) in [6, 6.07) is 2.60. The molecule has 1 saturated heterocycles. The summed E-state index contributed by atoms with van der Waals surface area (Å²) in [7, 11) is 0. The Morgan fingerprint density at radius 2 is 2.03 bits per heavy atom. The molecule has 0 spiro atoms. The van der Waals surface area contributed by atoms with Crippen molar-refractivity contribution < 1.29 is 9.53 Å². The Labute approximate surface area is 173 Å². The van der Waals surface area contributed by atoms with Gasteiger partial charge in [0, 0.05) is 43.6 Å². The summed E-state index contributed by atoms with van der Waals surface area (Å²) in [5, 5.41) is 10.0. The topological polar surface area (TPSA) is 69.5 Å². The molecule has 1 aliphatic carbocycles. The van der Waals surface area contributed by atoms with E-state index in [0.29, 0.717) is 32.1 Å². The van der Waals surface area contributed by atoms with E-state index >= 15 is 0 Å². The van der Waals surface area contributed by atoms with Crippen molar-refractivity contribution in [3.05, 3.63) is 22.4 Å². The van der Waals surface area contributed by atoms with E-state index in [4.69, 9.17) is 9.72 Å². The monoisotopic (exact) mass is 396 g/mol. The zero-order chi connectivity index (χ0) is 20.4. The smallest absolute Gasteiger partial charge is 0.222 e. The number of fused-ring (bicyclic) bond motifs is 1. The number of anilines is 1. The fourth-order valence-electron chi connectivity index (χ4n) is 5.25. The Morgan fingerprint density at radius 3 is 2.72 bits per heavy atom. The van der Waals surface area contributed by atoms with Gasteiger partial charge in [0.1, 0.15) is 11.9 Å². The van der Waals surface area contributed by atoms with Crippen LogP contribution in [0.3, 0.4) is 0 Å². The van der Waals surface area contributed by atoms with E-state index in [1.165, 1.54) is 43.4 Å². The first-order valence-electron chi connectivity index (χ1n) is 11.2.